The second kappa shape index (κ2) is 11.6. The van der Waals surface area contributed by atoms with Gasteiger partial charge in [0.05, 0.1) is 17.5 Å². The zero-order valence-electron chi connectivity index (χ0n) is 21.2. The number of carbonyl (C=O) groups excluding carboxylic acids is 1. The van der Waals surface area contributed by atoms with Crippen LogP contribution in [-0.4, -0.2) is 30.5 Å². The number of aromatic hydroxyl groups is 1. The van der Waals surface area contributed by atoms with Crippen LogP contribution < -0.4 is 10.2 Å². The zero-order chi connectivity index (χ0) is 28.4. The number of aliphatic hydroxyl groups excluding tert-OH is 1. The molecule has 1 saturated heterocycles. The normalized spacial score (nSPS) is 18.2. The average molecular weight is 580 g/mol. The van der Waals surface area contributed by atoms with Gasteiger partial charge in [-0.1, -0.05) is 66.4 Å². The van der Waals surface area contributed by atoms with E-state index in [1.54, 1.807) is 35.2 Å². The van der Waals surface area contributed by atoms with E-state index in [4.69, 9.17) is 0 Å². The summed E-state index contributed by atoms with van der Waals surface area (Å²) in [5.74, 6) is -0.412. The minimum absolute atomic E-state index is 0.0260. The molecule has 0 spiro atoms. The molecule has 1 heterocycles. The summed E-state index contributed by atoms with van der Waals surface area (Å²) in [7, 11) is -4.37. The smallest absolute Gasteiger partial charge is 0.356 e. The standard InChI is InChI=1S/C30H27FNO6PS/c31-22-11-6-20(7-12-22)26(33)16-17-28-29(32(30(35)40-28)23-4-2-1-3-5-23)25-15-10-21(18-27(25)34)19-8-13-24(14-9-19)39(36,37)38/h1-15,18,26,28-29,33-34H,16-17H2,(H2,36,37,38)/t26-,28-,29+/m0/s1. The second-order valence-corrected chi connectivity index (χ2v) is 12.4. The SMILES string of the molecule is O=C1S[C@@H](CC[C@H](O)c2ccc(F)cc2)[C@@H](c2ccc(-c3ccc(P(=O)(O)O)cc3)cc2O)N1c1ccccc1. The summed E-state index contributed by atoms with van der Waals surface area (Å²) in [6, 6.07) is 25.3. The first-order valence-corrected chi connectivity index (χ1v) is 15.1. The van der Waals surface area contributed by atoms with Crippen molar-refractivity contribution in [3.63, 3.8) is 0 Å². The highest BCUT2D eigenvalue weighted by Gasteiger charge is 2.43. The van der Waals surface area contributed by atoms with Crippen LogP contribution in [0.4, 0.5) is 14.9 Å². The number of hydrogen-bond donors (Lipinski definition) is 4. The number of thioether (sulfide) groups is 1. The number of hydrogen-bond acceptors (Lipinski definition) is 5. The monoisotopic (exact) mass is 579 g/mol. The van der Waals surface area contributed by atoms with Gasteiger partial charge in [-0.15, -0.1) is 0 Å². The van der Waals surface area contributed by atoms with Gasteiger partial charge < -0.3 is 20.0 Å². The number of halogens is 1. The minimum atomic E-state index is -4.37. The Bertz CT molecular complexity index is 1550. The lowest BCUT2D eigenvalue weighted by atomic mass is 9.93. The lowest BCUT2D eigenvalue weighted by Gasteiger charge is -2.29. The fourth-order valence-corrected chi connectivity index (χ4v) is 6.72. The Morgan fingerprint density at radius 3 is 2.17 bits per heavy atom. The third-order valence-electron chi connectivity index (χ3n) is 6.98. The molecular formula is C30H27FNO6PS. The molecule has 0 radical (unpaired) electrons. The number of aliphatic hydroxyl groups is 1. The maximum absolute atomic E-state index is 13.3. The van der Waals surface area contributed by atoms with E-state index >= 15 is 0 Å². The first kappa shape index (κ1) is 28.1. The van der Waals surface area contributed by atoms with Crippen LogP contribution in [0.1, 0.15) is 36.1 Å². The van der Waals surface area contributed by atoms with E-state index in [0.717, 1.165) is 11.8 Å². The fraction of sp³-hybridized carbons (Fsp3) is 0.167. The molecule has 7 nitrogen and oxygen atoms in total. The Balaban J connectivity index is 1.45. The molecule has 1 fully saturated rings. The molecular weight excluding hydrogens is 552 g/mol. The van der Waals surface area contributed by atoms with Gasteiger partial charge in [0.15, 0.2) is 0 Å². The third kappa shape index (κ3) is 5.99. The minimum Gasteiger partial charge on any atom is -0.508 e. The van der Waals surface area contributed by atoms with Crippen molar-refractivity contribution < 1.29 is 33.7 Å². The summed E-state index contributed by atoms with van der Waals surface area (Å²) in [5.41, 5.74) is 3.12. The van der Waals surface area contributed by atoms with Crippen LogP contribution in [0.5, 0.6) is 5.75 Å². The molecule has 3 atom stereocenters. The fourth-order valence-electron chi connectivity index (χ4n) is 4.94. The number of phenols is 1. The molecule has 4 N–H and O–H groups in total. The van der Waals surface area contributed by atoms with Gasteiger partial charge in [0, 0.05) is 16.5 Å². The van der Waals surface area contributed by atoms with Crippen LogP contribution in [0, 0.1) is 5.82 Å². The van der Waals surface area contributed by atoms with Crippen LogP contribution in [0.3, 0.4) is 0 Å². The molecule has 0 bridgehead atoms. The van der Waals surface area contributed by atoms with E-state index in [1.807, 2.05) is 30.3 Å². The molecule has 0 aliphatic carbocycles. The number of carbonyl (C=O) groups is 1. The van der Waals surface area contributed by atoms with Crippen LogP contribution in [-0.2, 0) is 4.57 Å². The van der Waals surface area contributed by atoms with Gasteiger partial charge in [-0.25, -0.2) is 4.39 Å². The Kier molecular flexibility index (Phi) is 8.12. The molecule has 4 aromatic rings. The quantitative estimate of drug-likeness (QED) is 0.181. The lowest BCUT2D eigenvalue weighted by molar-refractivity contribution is 0.163. The number of anilines is 1. The first-order chi connectivity index (χ1) is 19.1. The van der Waals surface area contributed by atoms with E-state index in [2.05, 4.69) is 0 Å². The predicted octanol–water partition coefficient (Wildman–Crippen LogP) is 6.30. The molecule has 0 aromatic heterocycles. The van der Waals surface area contributed by atoms with E-state index in [1.165, 1.54) is 36.4 Å². The number of amides is 1. The number of para-hydroxylation sites is 1. The predicted molar refractivity (Wildman–Crippen MR) is 154 cm³/mol. The Morgan fingerprint density at radius 2 is 1.55 bits per heavy atom. The number of nitrogens with zero attached hydrogens (tertiary/aromatic N) is 1. The van der Waals surface area contributed by atoms with Crippen LogP contribution in [0.2, 0.25) is 0 Å². The van der Waals surface area contributed by atoms with Gasteiger partial charge in [0.25, 0.3) is 5.24 Å². The van der Waals surface area contributed by atoms with Crippen molar-refractivity contribution >= 4 is 35.6 Å². The summed E-state index contributed by atoms with van der Waals surface area (Å²) < 4.78 is 24.8. The van der Waals surface area contributed by atoms with Crippen molar-refractivity contribution in [3.8, 4) is 16.9 Å². The molecule has 4 aromatic carbocycles. The van der Waals surface area contributed by atoms with E-state index in [0.29, 0.717) is 40.8 Å². The highest BCUT2D eigenvalue weighted by molar-refractivity contribution is 8.14. The van der Waals surface area contributed by atoms with Gasteiger partial charge in [0.1, 0.15) is 11.6 Å². The lowest BCUT2D eigenvalue weighted by Crippen LogP contribution is -2.29. The average Bonchev–Trinajstić information content (AvgIpc) is 3.27. The molecule has 40 heavy (non-hydrogen) atoms. The summed E-state index contributed by atoms with van der Waals surface area (Å²) in [6.07, 6.45) is -0.0520. The summed E-state index contributed by atoms with van der Waals surface area (Å²) >= 11 is 1.16. The van der Waals surface area contributed by atoms with Gasteiger partial charge in [-0.3, -0.25) is 14.3 Å². The van der Waals surface area contributed by atoms with Crippen molar-refractivity contribution in [2.24, 2.45) is 0 Å². The van der Waals surface area contributed by atoms with Crippen LogP contribution in [0.25, 0.3) is 11.1 Å². The summed E-state index contributed by atoms with van der Waals surface area (Å²) in [5, 5.41) is 21.4. The molecule has 5 rings (SSSR count). The molecule has 0 unspecified atom stereocenters. The maximum atomic E-state index is 13.3. The third-order valence-corrected chi connectivity index (χ3v) is 9.14. The van der Waals surface area contributed by atoms with Crippen molar-refractivity contribution in [2.45, 2.75) is 30.2 Å². The summed E-state index contributed by atoms with van der Waals surface area (Å²) in [4.78, 5) is 33.7. The van der Waals surface area contributed by atoms with E-state index in [9.17, 15) is 33.7 Å². The Hall–Kier alpha value is -3.46. The molecule has 1 aliphatic heterocycles. The number of benzene rings is 4. The first-order valence-electron chi connectivity index (χ1n) is 12.6. The molecule has 206 valence electrons. The molecule has 10 heteroatoms. The summed E-state index contributed by atoms with van der Waals surface area (Å²) in [6.45, 7) is 0. The largest absolute Gasteiger partial charge is 0.508 e. The topological polar surface area (TPSA) is 118 Å². The maximum Gasteiger partial charge on any atom is 0.356 e. The van der Waals surface area contributed by atoms with Crippen molar-refractivity contribution in [2.75, 3.05) is 4.90 Å². The molecule has 0 saturated carbocycles. The van der Waals surface area contributed by atoms with E-state index < -0.39 is 19.7 Å². The molecule has 1 aliphatic rings. The Morgan fingerprint density at radius 1 is 0.900 bits per heavy atom. The van der Waals surface area contributed by atoms with Crippen LogP contribution in [0.15, 0.2) is 97.1 Å². The van der Waals surface area contributed by atoms with Gasteiger partial charge in [-0.05, 0) is 72.0 Å². The molecule has 1 amide bonds. The van der Waals surface area contributed by atoms with Crippen molar-refractivity contribution in [3.05, 3.63) is 114 Å². The van der Waals surface area contributed by atoms with E-state index in [-0.39, 0.29) is 27.4 Å². The second-order valence-electron chi connectivity index (χ2n) is 9.58. The zero-order valence-corrected chi connectivity index (χ0v) is 22.9. The van der Waals surface area contributed by atoms with Gasteiger partial charge in [-0.2, -0.15) is 0 Å². The number of rotatable bonds is 8. The van der Waals surface area contributed by atoms with Crippen molar-refractivity contribution in [1.82, 2.24) is 0 Å². The highest BCUT2D eigenvalue weighted by Crippen LogP contribution is 2.49. The van der Waals surface area contributed by atoms with Gasteiger partial charge >= 0.3 is 7.60 Å². The van der Waals surface area contributed by atoms with Gasteiger partial charge in [0.2, 0.25) is 0 Å². The number of phenolic OH excluding ortho intramolecular Hbond substituents is 1. The highest BCUT2D eigenvalue weighted by atomic mass is 32.2. The van der Waals surface area contributed by atoms with Crippen LogP contribution >= 0.6 is 19.4 Å². The van der Waals surface area contributed by atoms with Crippen molar-refractivity contribution in [1.29, 1.82) is 0 Å². The Labute approximate surface area is 235 Å².